The molecular weight excluding hydrogens is 482 g/mol. The summed E-state index contributed by atoms with van der Waals surface area (Å²) in [6.07, 6.45) is 1.92. The summed E-state index contributed by atoms with van der Waals surface area (Å²) in [4.78, 5) is 5.48. The van der Waals surface area contributed by atoms with Crippen LogP contribution < -0.4 is 0 Å². The first-order chi connectivity index (χ1) is 17.1. The summed E-state index contributed by atoms with van der Waals surface area (Å²) in [5, 5.41) is 0.145. The Morgan fingerprint density at radius 2 is 1.53 bits per heavy atom. The molecule has 1 aromatic heterocycles. The molecule has 38 heavy (non-hydrogen) atoms. The van der Waals surface area contributed by atoms with Crippen LogP contribution in [0.4, 0.5) is 0 Å². The minimum absolute atomic E-state index is 0.0435. The van der Waals surface area contributed by atoms with Crippen LogP contribution in [0.3, 0.4) is 0 Å². The zero-order valence-corrected chi connectivity index (χ0v) is 27.7. The lowest BCUT2D eigenvalue weighted by molar-refractivity contribution is -0.0358. The highest BCUT2D eigenvalue weighted by Gasteiger charge is 2.49. The predicted octanol–water partition coefficient (Wildman–Crippen LogP) is 9.89. The van der Waals surface area contributed by atoms with Crippen LogP contribution in [-0.4, -0.2) is 13.3 Å². The minimum atomic E-state index is -2.01. The van der Waals surface area contributed by atoms with Crippen LogP contribution >= 0.6 is 0 Å². The molecule has 0 bridgehead atoms. The highest BCUT2D eigenvalue weighted by atomic mass is 28.4. The highest BCUT2D eigenvalue weighted by molar-refractivity contribution is 6.74. The van der Waals surface area contributed by atoms with Crippen molar-refractivity contribution in [2.75, 3.05) is 0 Å². The smallest absolute Gasteiger partial charge is 0.192 e. The number of rotatable bonds is 4. The fourth-order valence-corrected chi connectivity index (χ4v) is 7.35. The van der Waals surface area contributed by atoms with Crippen LogP contribution in [0.25, 0.3) is 0 Å². The largest absolute Gasteiger partial charge is 0.410 e. The highest BCUT2D eigenvalue weighted by Crippen LogP contribution is 2.56. The molecule has 0 saturated carbocycles. The summed E-state index contributed by atoms with van der Waals surface area (Å²) < 4.78 is 14.3. The van der Waals surface area contributed by atoms with E-state index in [1.807, 2.05) is 0 Å². The molecule has 210 valence electrons. The average Bonchev–Trinajstić information content (AvgIpc) is 3.02. The molecule has 3 nitrogen and oxygen atoms in total. The van der Waals surface area contributed by atoms with E-state index in [0.717, 1.165) is 12.8 Å². The van der Waals surface area contributed by atoms with Crippen molar-refractivity contribution in [2.24, 2.45) is 5.41 Å². The van der Waals surface area contributed by atoms with Gasteiger partial charge in [-0.05, 0) is 78.3 Å². The molecule has 2 atom stereocenters. The fraction of sp³-hybridized carbons (Fsp3) is 0.676. The van der Waals surface area contributed by atoms with Gasteiger partial charge in [0.05, 0.1) is 11.7 Å². The van der Waals surface area contributed by atoms with Crippen LogP contribution in [0, 0.1) is 5.41 Å². The second kappa shape index (κ2) is 9.28. The van der Waals surface area contributed by atoms with Crippen molar-refractivity contribution >= 4 is 8.32 Å². The van der Waals surface area contributed by atoms with Crippen molar-refractivity contribution in [3.8, 4) is 0 Å². The van der Waals surface area contributed by atoms with E-state index >= 15 is 0 Å². The number of fused-ring (bicyclic) bond motifs is 3. The Hall–Kier alpha value is -1.49. The number of aromatic nitrogens is 1. The van der Waals surface area contributed by atoms with Crippen molar-refractivity contribution in [2.45, 2.75) is 143 Å². The summed E-state index contributed by atoms with van der Waals surface area (Å²) >= 11 is 0. The Bertz CT molecular complexity index is 1190. The lowest BCUT2D eigenvalue weighted by Crippen LogP contribution is -2.44. The second-order valence-electron chi connectivity index (χ2n) is 16.1. The van der Waals surface area contributed by atoms with Gasteiger partial charge in [-0.15, -0.1) is 0 Å². The molecule has 4 heteroatoms. The third kappa shape index (κ3) is 5.30. The average molecular weight is 536 g/mol. The molecule has 1 aromatic carbocycles. The molecule has 0 radical (unpaired) electrons. The van der Waals surface area contributed by atoms with Gasteiger partial charge in [0.2, 0.25) is 0 Å². The van der Waals surface area contributed by atoms with Crippen molar-refractivity contribution in [3.05, 3.63) is 63.5 Å². The molecule has 0 spiro atoms. The van der Waals surface area contributed by atoms with Crippen LogP contribution in [0.1, 0.15) is 147 Å². The van der Waals surface area contributed by atoms with Crippen LogP contribution in [-0.2, 0) is 26.6 Å². The van der Waals surface area contributed by atoms with Gasteiger partial charge in [-0.2, -0.15) is 0 Å². The molecule has 0 amide bonds. The van der Waals surface area contributed by atoms with Crippen LogP contribution in [0.2, 0.25) is 18.1 Å². The zero-order valence-electron chi connectivity index (χ0n) is 26.7. The molecule has 2 unspecified atom stereocenters. The maximum atomic E-state index is 7.26. The first kappa shape index (κ1) is 29.5. The van der Waals surface area contributed by atoms with Gasteiger partial charge < -0.3 is 9.16 Å². The molecule has 0 fully saturated rings. The van der Waals surface area contributed by atoms with Crippen LogP contribution in [0.15, 0.2) is 24.3 Å². The fourth-order valence-electron chi connectivity index (χ4n) is 6.09. The summed E-state index contributed by atoms with van der Waals surface area (Å²) in [5.74, 6) is 0.313. The van der Waals surface area contributed by atoms with E-state index in [4.69, 9.17) is 14.1 Å². The normalized spacial score (nSPS) is 22.9. The number of pyridine rings is 1. The molecule has 1 aliphatic carbocycles. The van der Waals surface area contributed by atoms with Gasteiger partial charge in [0.15, 0.2) is 8.32 Å². The van der Waals surface area contributed by atoms with Crippen molar-refractivity contribution in [3.63, 3.8) is 0 Å². The number of nitrogens with zero attached hydrogens (tertiary/aromatic N) is 1. The van der Waals surface area contributed by atoms with Gasteiger partial charge in [-0.1, -0.05) is 93.5 Å². The molecule has 2 heterocycles. The van der Waals surface area contributed by atoms with Gasteiger partial charge >= 0.3 is 0 Å². The number of hydrogen-bond acceptors (Lipinski definition) is 3. The monoisotopic (exact) mass is 535 g/mol. The summed E-state index contributed by atoms with van der Waals surface area (Å²) in [6.45, 7) is 32.4. The van der Waals surface area contributed by atoms with Crippen molar-refractivity contribution in [1.82, 2.24) is 4.98 Å². The van der Waals surface area contributed by atoms with E-state index in [0.29, 0.717) is 5.92 Å². The number of benzene rings is 1. The Kier molecular flexibility index (Phi) is 7.20. The standard InChI is InChI=1S/C34H53NO2Si/c1-21(2)29-27-28(34(11,12)36-30(27)22-15-17-23(18-16-22)31(3,4)5)26-24(35-29)19-33(9,10)20-25(26)37-38(13,14)32(6,7)8/h15-18,21,25,30H,19-20H2,1-14H3. The van der Waals surface area contributed by atoms with E-state index < -0.39 is 13.9 Å². The minimum Gasteiger partial charge on any atom is -0.410 e. The lowest BCUT2D eigenvalue weighted by Gasteiger charge is -2.45. The molecule has 2 aromatic rings. The van der Waals surface area contributed by atoms with Gasteiger partial charge in [0.1, 0.15) is 6.10 Å². The van der Waals surface area contributed by atoms with E-state index in [2.05, 4.69) is 120 Å². The van der Waals surface area contributed by atoms with Gasteiger partial charge in [-0.3, -0.25) is 4.98 Å². The second-order valence-corrected chi connectivity index (χ2v) is 20.8. The first-order valence-corrected chi connectivity index (χ1v) is 17.6. The maximum Gasteiger partial charge on any atom is 0.192 e. The van der Waals surface area contributed by atoms with E-state index in [1.165, 1.54) is 39.2 Å². The quantitative estimate of drug-likeness (QED) is 0.365. The van der Waals surface area contributed by atoms with E-state index in [1.54, 1.807) is 0 Å². The predicted molar refractivity (Wildman–Crippen MR) is 163 cm³/mol. The molecule has 0 N–H and O–H groups in total. The molecule has 2 aliphatic rings. The Morgan fingerprint density at radius 1 is 0.947 bits per heavy atom. The zero-order chi connectivity index (χ0) is 28.6. The first-order valence-electron chi connectivity index (χ1n) is 14.7. The number of ether oxygens (including phenoxy) is 1. The topological polar surface area (TPSA) is 31.4 Å². The van der Waals surface area contributed by atoms with Crippen LogP contribution in [0.5, 0.6) is 0 Å². The molecule has 0 saturated heterocycles. The van der Waals surface area contributed by atoms with E-state index in [-0.39, 0.29) is 28.1 Å². The Balaban J connectivity index is 1.95. The summed E-state index contributed by atoms with van der Waals surface area (Å²) in [7, 11) is -2.01. The van der Waals surface area contributed by atoms with Gasteiger partial charge in [-0.25, -0.2) is 0 Å². The van der Waals surface area contributed by atoms with Crippen molar-refractivity contribution < 1.29 is 9.16 Å². The lowest BCUT2D eigenvalue weighted by atomic mass is 9.71. The van der Waals surface area contributed by atoms with Crippen molar-refractivity contribution in [1.29, 1.82) is 0 Å². The molecule has 1 aliphatic heterocycles. The summed E-state index contributed by atoms with van der Waals surface area (Å²) in [6, 6.07) is 9.09. The molecular formula is C34H53NO2Si. The Morgan fingerprint density at radius 3 is 2.03 bits per heavy atom. The van der Waals surface area contributed by atoms with Gasteiger partial charge in [0.25, 0.3) is 0 Å². The molecule has 4 rings (SSSR count). The SMILES string of the molecule is CC(C)c1nc2c(c3c1C(c1ccc(C(C)(C)C)cc1)OC3(C)C)C(O[Si](C)(C)C(C)(C)C)CC(C)(C)C2. The van der Waals surface area contributed by atoms with Gasteiger partial charge in [0, 0.05) is 22.5 Å². The Labute approximate surface area is 234 Å². The number of hydrogen-bond donors (Lipinski definition) is 0. The third-order valence-electron chi connectivity index (χ3n) is 9.23. The maximum absolute atomic E-state index is 7.26. The third-order valence-corrected chi connectivity index (χ3v) is 13.7. The van der Waals surface area contributed by atoms with E-state index in [9.17, 15) is 0 Å². The summed E-state index contributed by atoms with van der Waals surface area (Å²) in [5.41, 5.74) is 8.78.